The number of aliphatic hydroxyl groups is 2. The van der Waals surface area contributed by atoms with E-state index >= 15 is 0 Å². The molecule has 16 nitrogen and oxygen atoms in total. The van der Waals surface area contributed by atoms with Gasteiger partial charge in [0.05, 0.1) is 12.9 Å². The topological polar surface area (TPSA) is 238 Å². The van der Waals surface area contributed by atoms with E-state index < -0.39 is 58.2 Å². The molecule has 0 bridgehead atoms. The van der Waals surface area contributed by atoms with E-state index in [-0.39, 0.29) is 28.9 Å². The minimum atomic E-state index is -4.79. The molecule has 2 aromatic rings. The van der Waals surface area contributed by atoms with E-state index in [2.05, 4.69) is 25.4 Å². The Hall–Kier alpha value is -1.71. The summed E-state index contributed by atoms with van der Waals surface area (Å²) in [5.41, 5.74) is 0.119. The number of nitrogens with zero attached hydrogens (tertiary/aromatic N) is 4. The van der Waals surface area contributed by atoms with Crippen molar-refractivity contribution in [2.24, 2.45) is 0 Å². The highest BCUT2D eigenvalue weighted by atomic mass is 35.5. The summed E-state index contributed by atoms with van der Waals surface area (Å²) in [7, 11) is -9.26. The molecule has 2 aromatic heterocycles. The number of fused-ring (bicyclic) bond motifs is 1. The van der Waals surface area contributed by atoms with Gasteiger partial charge in [0.1, 0.15) is 24.2 Å². The molecule has 0 aliphatic carbocycles. The molecule has 3 heterocycles. The zero-order chi connectivity index (χ0) is 26.7. The van der Waals surface area contributed by atoms with E-state index in [1.54, 1.807) is 0 Å². The van der Waals surface area contributed by atoms with Gasteiger partial charge in [-0.1, -0.05) is 19.8 Å². The van der Waals surface area contributed by atoms with Gasteiger partial charge in [0.2, 0.25) is 5.28 Å². The minimum absolute atomic E-state index is 0.0375. The molecule has 7 N–H and O–H groups in total. The van der Waals surface area contributed by atoms with Gasteiger partial charge in [0.15, 0.2) is 23.2 Å². The van der Waals surface area contributed by atoms with E-state index in [4.69, 9.17) is 30.9 Å². The zero-order valence-electron chi connectivity index (χ0n) is 19.0. The first-order valence-electron chi connectivity index (χ1n) is 10.8. The Morgan fingerprint density at radius 1 is 1.22 bits per heavy atom. The number of aromatic nitrogens is 4. The third-order valence-electron chi connectivity index (χ3n) is 5.12. The second-order valence-corrected chi connectivity index (χ2v) is 12.6. The quantitative estimate of drug-likeness (QED) is 0.112. The smallest absolute Gasteiger partial charge is 0.412 e. The molecule has 1 amide bonds. The maximum Gasteiger partial charge on any atom is 0.412 e. The van der Waals surface area contributed by atoms with Gasteiger partial charge in [0, 0.05) is 6.54 Å². The number of hydrogen-bond donors (Lipinski definition) is 7. The second kappa shape index (κ2) is 11.8. The summed E-state index contributed by atoms with van der Waals surface area (Å²) in [6, 6.07) is 0. The van der Waals surface area contributed by atoms with Crippen molar-refractivity contribution < 1.29 is 48.3 Å². The lowest BCUT2D eigenvalue weighted by Crippen LogP contribution is -2.37. The van der Waals surface area contributed by atoms with Gasteiger partial charge >= 0.3 is 13.7 Å². The number of carbonyl (C=O) groups is 1. The molecule has 1 aliphatic rings. The van der Waals surface area contributed by atoms with Crippen molar-refractivity contribution in [1.29, 1.82) is 0 Å². The molecular formula is C17H27ClN6O10P2. The number of carbonyl (C=O) groups excluding carboxylic acids is 1. The van der Waals surface area contributed by atoms with Crippen molar-refractivity contribution in [2.45, 2.75) is 50.7 Å². The van der Waals surface area contributed by atoms with Crippen molar-refractivity contribution in [3.05, 3.63) is 11.6 Å². The van der Waals surface area contributed by atoms with Crippen LogP contribution in [0.1, 0.15) is 32.4 Å². The lowest BCUT2D eigenvalue weighted by atomic mass is 10.1. The number of amides is 1. The monoisotopic (exact) mass is 572 g/mol. The summed E-state index contributed by atoms with van der Waals surface area (Å²) in [6.07, 6.45) is -2.66. The molecule has 3 rings (SSSR count). The maximum atomic E-state index is 12.1. The molecule has 1 aliphatic heterocycles. The molecular weight excluding hydrogens is 546 g/mol. The Bertz CT molecular complexity index is 1180. The number of rotatable bonds is 11. The van der Waals surface area contributed by atoms with Gasteiger partial charge < -0.3 is 34.4 Å². The first-order valence-corrected chi connectivity index (χ1v) is 14.8. The summed E-state index contributed by atoms with van der Waals surface area (Å²) in [5, 5.41) is 25.1. The Morgan fingerprint density at radius 3 is 2.61 bits per heavy atom. The number of hydrogen-bond acceptors (Lipinski definition) is 10. The van der Waals surface area contributed by atoms with Crippen molar-refractivity contribution in [3.8, 4) is 0 Å². The molecule has 1 fully saturated rings. The summed E-state index contributed by atoms with van der Waals surface area (Å²) >= 11 is 5.99. The van der Waals surface area contributed by atoms with Gasteiger partial charge in [-0.3, -0.25) is 19.0 Å². The molecule has 202 valence electrons. The Labute approximate surface area is 209 Å². The Kier molecular flexibility index (Phi) is 9.44. The number of halogens is 1. The van der Waals surface area contributed by atoms with Crippen LogP contribution >= 0.6 is 26.7 Å². The molecule has 36 heavy (non-hydrogen) atoms. The van der Waals surface area contributed by atoms with E-state index in [0.29, 0.717) is 6.42 Å². The third kappa shape index (κ3) is 7.42. The van der Waals surface area contributed by atoms with E-state index in [0.717, 1.165) is 12.8 Å². The highest BCUT2D eigenvalue weighted by molar-refractivity contribution is 7.71. The average Bonchev–Trinajstić information content (AvgIpc) is 3.29. The molecule has 0 saturated carbocycles. The second-order valence-electron chi connectivity index (χ2n) is 8.05. The lowest BCUT2D eigenvalue weighted by molar-refractivity contribution is -0.0331. The van der Waals surface area contributed by atoms with Gasteiger partial charge in [-0.25, -0.2) is 14.9 Å². The molecule has 19 heteroatoms. The van der Waals surface area contributed by atoms with Crippen LogP contribution < -0.4 is 10.4 Å². The predicted molar refractivity (Wildman–Crippen MR) is 125 cm³/mol. The molecule has 0 spiro atoms. The number of ether oxygens (including phenoxy) is 2. The van der Waals surface area contributed by atoms with Gasteiger partial charge in [0.25, 0.3) is 7.52 Å². The van der Waals surface area contributed by atoms with Crippen molar-refractivity contribution in [1.82, 2.24) is 24.6 Å². The van der Waals surface area contributed by atoms with Gasteiger partial charge in [-0.15, -0.1) is 0 Å². The summed E-state index contributed by atoms with van der Waals surface area (Å²) in [4.78, 5) is 51.8. The van der Waals surface area contributed by atoms with Crippen LogP contribution in [0.25, 0.3) is 11.2 Å². The van der Waals surface area contributed by atoms with E-state index in [9.17, 15) is 29.0 Å². The van der Waals surface area contributed by atoms with Crippen LogP contribution in [0.5, 0.6) is 0 Å². The SMILES string of the molecule is CCCCCOC(=O)Nc1nc(Cl)nc2c1ncn2[C@@H]1O[C@H](CNP(=O)(O)CP(=O)(O)O)C(O)C1O. The van der Waals surface area contributed by atoms with Gasteiger partial charge in [-0.2, -0.15) is 9.97 Å². The minimum Gasteiger partial charge on any atom is -0.449 e. The summed E-state index contributed by atoms with van der Waals surface area (Å²) in [5.74, 6) is -1.37. The fourth-order valence-corrected chi connectivity index (χ4v) is 6.50. The van der Waals surface area contributed by atoms with Crippen LogP contribution in [0.2, 0.25) is 5.28 Å². The summed E-state index contributed by atoms with van der Waals surface area (Å²) < 4.78 is 34.9. The van der Waals surface area contributed by atoms with Crippen molar-refractivity contribution in [3.63, 3.8) is 0 Å². The standard InChI is InChI=1S/C17H27ClN6O10P2/c1-2-3-4-5-33-17(27)22-13-10-14(23-16(18)21-13)24(7-19-10)15-12(26)11(25)9(34-15)6-20-35(28,29)8-36(30,31)32/h7,9,11-12,15,25-26H,2-6,8H2,1H3,(H2,20,28,29)(H2,30,31,32)(H,21,22,23,27)/t9-,11?,12?,15-/m1/s1. The first-order chi connectivity index (χ1) is 16.8. The zero-order valence-corrected chi connectivity index (χ0v) is 21.5. The largest absolute Gasteiger partial charge is 0.449 e. The highest BCUT2D eigenvalue weighted by Crippen LogP contribution is 2.52. The fraction of sp³-hybridized carbons (Fsp3) is 0.647. The first kappa shape index (κ1) is 28.9. The van der Waals surface area contributed by atoms with E-state index in [1.807, 2.05) is 6.92 Å². The van der Waals surface area contributed by atoms with Crippen LogP contribution in [0.3, 0.4) is 0 Å². The van der Waals surface area contributed by atoms with Crippen LogP contribution in [0.4, 0.5) is 10.6 Å². The number of imidazole rings is 1. The average molecular weight is 573 g/mol. The molecule has 3 unspecified atom stereocenters. The van der Waals surface area contributed by atoms with Crippen LogP contribution in [0.15, 0.2) is 6.33 Å². The van der Waals surface area contributed by atoms with Crippen LogP contribution in [0, 0.1) is 0 Å². The van der Waals surface area contributed by atoms with Crippen LogP contribution in [-0.2, 0) is 18.6 Å². The highest BCUT2D eigenvalue weighted by Gasteiger charge is 2.45. The number of unbranched alkanes of at least 4 members (excludes halogenated alkanes) is 2. The number of nitrogens with one attached hydrogen (secondary N) is 2. The lowest BCUT2D eigenvalue weighted by Gasteiger charge is -2.19. The maximum absolute atomic E-state index is 12.1. The Morgan fingerprint density at radius 2 is 1.94 bits per heavy atom. The predicted octanol–water partition coefficient (Wildman–Crippen LogP) is 0.748. The van der Waals surface area contributed by atoms with E-state index in [1.165, 1.54) is 10.9 Å². The van der Waals surface area contributed by atoms with Crippen molar-refractivity contribution >= 4 is 49.8 Å². The third-order valence-corrected chi connectivity index (χ3v) is 8.98. The summed E-state index contributed by atoms with van der Waals surface area (Å²) in [6.45, 7) is 1.71. The molecule has 0 aromatic carbocycles. The fourth-order valence-electron chi connectivity index (χ4n) is 3.47. The van der Waals surface area contributed by atoms with Crippen LogP contribution in [-0.4, -0.2) is 87.9 Å². The number of anilines is 1. The van der Waals surface area contributed by atoms with Crippen molar-refractivity contribution in [2.75, 3.05) is 24.4 Å². The normalized spacial score (nSPS) is 24.1. The Balaban J connectivity index is 1.75. The molecule has 5 atom stereocenters. The molecule has 1 saturated heterocycles. The number of aliphatic hydroxyl groups excluding tert-OH is 2. The molecule has 0 radical (unpaired) electrons. The van der Waals surface area contributed by atoms with Gasteiger partial charge in [-0.05, 0) is 18.0 Å².